The maximum absolute atomic E-state index is 12.9. The van der Waals surface area contributed by atoms with Crippen LogP contribution in [-0.4, -0.2) is 67.3 Å². The van der Waals surface area contributed by atoms with Crippen LogP contribution in [0.1, 0.15) is 37.8 Å². The maximum atomic E-state index is 12.9. The van der Waals surface area contributed by atoms with Gasteiger partial charge in [0.15, 0.2) is 0 Å². The van der Waals surface area contributed by atoms with Gasteiger partial charge in [0.1, 0.15) is 18.7 Å². The summed E-state index contributed by atoms with van der Waals surface area (Å²) in [5.41, 5.74) is 3.73. The highest BCUT2D eigenvalue weighted by Gasteiger charge is 2.35. The molecular formula is C26H33N3O5. The summed E-state index contributed by atoms with van der Waals surface area (Å²) in [6.07, 6.45) is -0.730. The predicted octanol–water partition coefficient (Wildman–Crippen LogP) is 3.07. The standard InChI is InChI=1S/C26H33N3O5/c1-26(2,3)22(24(31)32)28-23(30)21(14-29(4)5)27-25(33)34-15-20-18-12-8-6-10-16(18)17-11-7-9-13-19(17)20/h6-13,20-22H,14-15H2,1-5H3,(H,27,33)(H,28,30)(H,31,32). The zero-order valence-corrected chi connectivity index (χ0v) is 20.3. The topological polar surface area (TPSA) is 108 Å². The van der Waals surface area contributed by atoms with Gasteiger partial charge in [0.2, 0.25) is 5.91 Å². The Balaban J connectivity index is 1.69. The Morgan fingerprint density at radius 3 is 1.97 bits per heavy atom. The van der Waals surface area contributed by atoms with Gasteiger partial charge < -0.3 is 25.4 Å². The molecule has 0 saturated carbocycles. The van der Waals surface area contributed by atoms with E-state index in [1.54, 1.807) is 39.8 Å². The summed E-state index contributed by atoms with van der Waals surface area (Å²) in [5, 5.41) is 14.7. The molecule has 182 valence electrons. The summed E-state index contributed by atoms with van der Waals surface area (Å²) in [4.78, 5) is 39.0. The summed E-state index contributed by atoms with van der Waals surface area (Å²) in [7, 11) is 3.52. The number of ether oxygens (including phenoxy) is 1. The average molecular weight is 468 g/mol. The van der Waals surface area contributed by atoms with Gasteiger partial charge in [-0.3, -0.25) is 4.79 Å². The van der Waals surface area contributed by atoms with Gasteiger partial charge in [0, 0.05) is 12.5 Å². The molecule has 0 bridgehead atoms. The Hall–Kier alpha value is -3.39. The van der Waals surface area contributed by atoms with Gasteiger partial charge in [-0.15, -0.1) is 0 Å². The van der Waals surface area contributed by atoms with E-state index in [0.29, 0.717) is 0 Å². The molecule has 0 spiro atoms. The molecule has 1 aliphatic rings. The van der Waals surface area contributed by atoms with Crippen molar-refractivity contribution in [2.45, 2.75) is 38.8 Å². The first kappa shape index (κ1) is 25.2. The van der Waals surface area contributed by atoms with Gasteiger partial charge in [-0.05, 0) is 41.8 Å². The third-order valence-electron chi connectivity index (χ3n) is 5.90. The number of hydrogen-bond acceptors (Lipinski definition) is 5. The van der Waals surface area contributed by atoms with Crippen molar-refractivity contribution in [1.29, 1.82) is 0 Å². The third-order valence-corrected chi connectivity index (χ3v) is 5.90. The number of rotatable bonds is 8. The number of carbonyl (C=O) groups is 3. The molecule has 0 aromatic heterocycles. The van der Waals surface area contributed by atoms with Gasteiger partial charge in [0.25, 0.3) is 0 Å². The fourth-order valence-electron chi connectivity index (χ4n) is 4.23. The fraction of sp³-hybridized carbons (Fsp3) is 0.423. The SMILES string of the molecule is CN(C)CC(NC(=O)OCC1c2ccccc2-c2ccccc21)C(=O)NC(C(=O)O)C(C)(C)C. The second kappa shape index (κ2) is 10.3. The van der Waals surface area contributed by atoms with Gasteiger partial charge in [-0.2, -0.15) is 0 Å². The highest BCUT2D eigenvalue weighted by atomic mass is 16.5. The van der Waals surface area contributed by atoms with Crippen molar-refractivity contribution in [3.05, 3.63) is 59.7 Å². The lowest BCUT2D eigenvalue weighted by Crippen LogP contribution is -2.57. The first-order valence-electron chi connectivity index (χ1n) is 11.3. The van der Waals surface area contributed by atoms with E-state index in [4.69, 9.17) is 4.74 Å². The van der Waals surface area contributed by atoms with Crippen LogP contribution in [0.3, 0.4) is 0 Å². The number of hydrogen-bond donors (Lipinski definition) is 3. The molecule has 3 rings (SSSR count). The van der Waals surface area contributed by atoms with Gasteiger partial charge in [-0.1, -0.05) is 69.3 Å². The van der Waals surface area contributed by atoms with E-state index in [-0.39, 0.29) is 19.1 Å². The number of nitrogens with one attached hydrogen (secondary N) is 2. The number of fused-ring (bicyclic) bond motifs is 3. The minimum atomic E-state index is -1.13. The van der Waals surface area contributed by atoms with E-state index in [1.807, 2.05) is 36.4 Å². The number of nitrogens with zero attached hydrogens (tertiary/aromatic N) is 1. The van der Waals surface area contributed by atoms with E-state index < -0.39 is 35.5 Å². The molecule has 2 atom stereocenters. The minimum Gasteiger partial charge on any atom is -0.480 e. The zero-order valence-electron chi connectivity index (χ0n) is 20.3. The van der Waals surface area contributed by atoms with Crippen LogP contribution in [0.2, 0.25) is 0 Å². The van der Waals surface area contributed by atoms with Crippen LogP contribution in [0.4, 0.5) is 4.79 Å². The van der Waals surface area contributed by atoms with Crippen molar-refractivity contribution in [1.82, 2.24) is 15.5 Å². The van der Waals surface area contributed by atoms with Gasteiger partial charge in [0.05, 0.1) is 0 Å². The average Bonchev–Trinajstić information content (AvgIpc) is 3.08. The first-order chi connectivity index (χ1) is 16.0. The molecule has 0 heterocycles. The molecular weight excluding hydrogens is 434 g/mol. The van der Waals surface area contributed by atoms with Crippen molar-refractivity contribution < 1.29 is 24.2 Å². The number of aliphatic carboxylic acids is 1. The zero-order chi connectivity index (χ0) is 25.0. The molecule has 8 heteroatoms. The Labute approximate surface area is 200 Å². The van der Waals surface area contributed by atoms with Crippen LogP contribution in [0.15, 0.2) is 48.5 Å². The van der Waals surface area contributed by atoms with E-state index in [1.165, 1.54) is 0 Å². The van der Waals surface area contributed by atoms with Crippen molar-refractivity contribution in [2.24, 2.45) is 5.41 Å². The van der Waals surface area contributed by atoms with Crippen LogP contribution in [0.5, 0.6) is 0 Å². The van der Waals surface area contributed by atoms with E-state index in [9.17, 15) is 19.5 Å². The summed E-state index contributed by atoms with van der Waals surface area (Å²) in [6.45, 7) is 5.49. The number of benzene rings is 2. The van der Waals surface area contributed by atoms with E-state index in [0.717, 1.165) is 22.3 Å². The number of likely N-dealkylation sites (N-methyl/N-ethyl adjacent to an activating group) is 1. The summed E-state index contributed by atoms with van der Waals surface area (Å²) in [5.74, 6) is -1.81. The van der Waals surface area contributed by atoms with Crippen LogP contribution in [-0.2, 0) is 14.3 Å². The molecule has 2 aromatic rings. The Bertz CT molecular complexity index is 1010. The van der Waals surface area contributed by atoms with Crippen molar-refractivity contribution in [2.75, 3.05) is 27.2 Å². The predicted molar refractivity (Wildman–Crippen MR) is 130 cm³/mol. The van der Waals surface area contributed by atoms with Gasteiger partial charge >= 0.3 is 12.1 Å². The van der Waals surface area contributed by atoms with Crippen LogP contribution in [0, 0.1) is 5.41 Å². The second-order valence-electron chi connectivity index (χ2n) is 9.93. The highest BCUT2D eigenvalue weighted by Crippen LogP contribution is 2.44. The largest absolute Gasteiger partial charge is 0.480 e. The molecule has 0 saturated heterocycles. The molecule has 2 unspecified atom stereocenters. The lowest BCUT2D eigenvalue weighted by atomic mass is 9.86. The monoisotopic (exact) mass is 467 g/mol. The quantitative estimate of drug-likeness (QED) is 0.551. The third kappa shape index (κ3) is 5.75. The number of alkyl carbamates (subject to hydrolysis) is 1. The number of carboxylic acid groups (broad SMARTS) is 1. The molecule has 34 heavy (non-hydrogen) atoms. The van der Waals surface area contributed by atoms with Gasteiger partial charge in [-0.25, -0.2) is 9.59 Å². The first-order valence-corrected chi connectivity index (χ1v) is 11.3. The van der Waals surface area contributed by atoms with E-state index in [2.05, 4.69) is 22.8 Å². The Morgan fingerprint density at radius 1 is 0.971 bits per heavy atom. The molecule has 2 amide bonds. The molecule has 0 fully saturated rings. The Kier molecular flexibility index (Phi) is 7.61. The van der Waals surface area contributed by atoms with Crippen molar-refractivity contribution >= 4 is 18.0 Å². The molecule has 3 N–H and O–H groups in total. The normalized spacial score (nSPS) is 14.6. The summed E-state index contributed by atoms with van der Waals surface area (Å²) >= 11 is 0. The molecule has 0 aliphatic heterocycles. The molecule has 0 radical (unpaired) electrons. The smallest absolute Gasteiger partial charge is 0.407 e. The highest BCUT2D eigenvalue weighted by molar-refractivity contribution is 5.89. The summed E-state index contributed by atoms with van der Waals surface area (Å²) < 4.78 is 5.56. The lowest BCUT2D eigenvalue weighted by Gasteiger charge is -2.30. The molecule has 8 nitrogen and oxygen atoms in total. The van der Waals surface area contributed by atoms with Crippen LogP contribution < -0.4 is 10.6 Å². The lowest BCUT2D eigenvalue weighted by molar-refractivity contribution is -0.145. The van der Waals surface area contributed by atoms with Crippen molar-refractivity contribution in [3.63, 3.8) is 0 Å². The molecule has 1 aliphatic carbocycles. The number of amides is 2. The number of carbonyl (C=O) groups excluding carboxylic acids is 2. The maximum Gasteiger partial charge on any atom is 0.407 e. The Morgan fingerprint density at radius 2 is 1.50 bits per heavy atom. The minimum absolute atomic E-state index is 0.100. The fourth-order valence-corrected chi connectivity index (χ4v) is 4.23. The number of carboxylic acids is 1. The second-order valence-corrected chi connectivity index (χ2v) is 9.93. The van der Waals surface area contributed by atoms with Crippen molar-refractivity contribution in [3.8, 4) is 11.1 Å². The summed E-state index contributed by atoms with van der Waals surface area (Å²) in [6, 6.07) is 14.0. The van der Waals surface area contributed by atoms with Crippen LogP contribution in [0.25, 0.3) is 11.1 Å². The van der Waals surface area contributed by atoms with E-state index >= 15 is 0 Å². The van der Waals surface area contributed by atoms with Crippen LogP contribution >= 0.6 is 0 Å². The molecule has 2 aromatic carbocycles.